The third kappa shape index (κ3) is 3.07. The largest absolute Gasteiger partial charge is 0.316 e. The molecule has 0 aliphatic rings. The molecular weight excluding hydrogens is 351 g/mol. The molecular formula is C17H14Cl2N2OS. The van der Waals surface area contributed by atoms with E-state index in [1.54, 1.807) is 24.3 Å². The van der Waals surface area contributed by atoms with Crippen LogP contribution in [0.2, 0.25) is 10.0 Å². The standard InChI is InChI=1S/C17H14Cl2N2OS/c1-3-21-15-10(2)8-11(18)9-14(15)23-17(21)20-16(22)12-6-4-5-7-13(12)19/h4-9H,3H2,1-2H3. The van der Waals surface area contributed by atoms with E-state index < -0.39 is 0 Å². The summed E-state index contributed by atoms with van der Waals surface area (Å²) < 4.78 is 3.04. The van der Waals surface area contributed by atoms with Gasteiger partial charge in [0, 0.05) is 11.6 Å². The highest BCUT2D eigenvalue weighted by molar-refractivity contribution is 7.16. The molecule has 3 rings (SSSR count). The molecule has 23 heavy (non-hydrogen) atoms. The number of halogens is 2. The van der Waals surface area contributed by atoms with Gasteiger partial charge in [0.1, 0.15) is 0 Å². The number of fused-ring (bicyclic) bond motifs is 1. The van der Waals surface area contributed by atoms with Gasteiger partial charge < -0.3 is 4.57 Å². The summed E-state index contributed by atoms with van der Waals surface area (Å²) in [5.41, 5.74) is 2.54. The fraction of sp³-hybridized carbons (Fsp3) is 0.176. The van der Waals surface area contributed by atoms with Crippen LogP contribution >= 0.6 is 34.5 Å². The van der Waals surface area contributed by atoms with E-state index in [0.717, 1.165) is 22.3 Å². The van der Waals surface area contributed by atoms with E-state index in [9.17, 15) is 4.79 Å². The molecule has 0 aliphatic carbocycles. The Morgan fingerprint density at radius 3 is 2.70 bits per heavy atom. The molecule has 0 fully saturated rings. The summed E-state index contributed by atoms with van der Waals surface area (Å²) in [6, 6.07) is 10.8. The topological polar surface area (TPSA) is 34.4 Å². The lowest BCUT2D eigenvalue weighted by Crippen LogP contribution is -2.16. The predicted molar refractivity (Wildman–Crippen MR) is 96.6 cm³/mol. The van der Waals surface area contributed by atoms with Gasteiger partial charge in [0.15, 0.2) is 4.80 Å². The van der Waals surface area contributed by atoms with Crippen molar-refractivity contribution in [1.82, 2.24) is 4.57 Å². The first-order valence-corrected chi connectivity index (χ1v) is 8.71. The second-order valence-electron chi connectivity index (χ2n) is 5.10. The molecule has 6 heteroatoms. The first-order valence-electron chi connectivity index (χ1n) is 7.14. The number of aromatic nitrogens is 1. The number of rotatable bonds is 2. The number of aryl methyl sites for hydroxylation is 2. The van der Waals surface area contributed by atoms with Gasteiger partial charge in [-0.3, -0.25) is 4.79 Å². The first kappa shape index (κ1) is 16.2. The quantitative estimate of drug-likeness (QED) is 0.624. The second-order valence-corrected chi connectivity index (χ2v) is 6.95. The van der Waals surface area contributed by atoms with E-state index in [1.165, 1.54) is 11.3 Å². The van der Waals surface area contributed by atoms with Crippen molar-refractivity contribution >= 4 is 50.7 Å². The monoisotopic (exact) mass is 364 g/mol. The number of hydrogen-bond acceptors (Lipinski definition) is 2. The molecule has 1 heterocycles. The van der Waals surface area contributed by atoms with Crippen LogP contribution < -0.4 is 4.80 Å². The fourth-order valence-electron chi connectivity index (χ4n) is 2.54. The highest BCUT2D eigenvalue weighted by Gasteiger charge is 2.12. The average Bonchev–Trinajstić information content (AvgIpc) is 2.84. The summed E-state index contributed by atoms with van der Waals surface area (Å²) in [5, 5.41) is 1.09. The van der Waals surface area contributed by atoms with Crippen molar-refractivity contribution in [3.8, 4) is 0 Å². The number of carbonyl (C=O) groups is 1. The SMILES string of the molecule is CCn1c(=NC(=O)c2ccccc2Cl)sc2cc(Cl)cc(C)c21. The molecule has 0 spiro atoms. The van der Waals surface area contributed by atoms with Crippen molar-refractivity contribution in [3.05, 3.63) is 62.4 Å². The molecule has 0 saturated heterocycles. The molecule has 0 aliphatic heterocycles. The van der Waals surface area contributed by atoms with Crippen LogP contribution in [0.25, 0.3) is 10.2 Å². The molecule has 0 N–H and O–H groups in total. The van der Waals surface area contributed by atoms with Crippen molar-refractivity contribution in [3.63, 3.8) is 0 Å². The molecule has 3 aromatic rings. The Balaban J connectivity index is 2.22. The minimum absolute atomic E-state index is 0.340. The van der Waals surface area contributed by atoms with E-state index in [-0.39, 0.29) is 5.91 Å². The fourth-order valence-corrected chi connectivity index (χ4v) is 4.30. The van der Waals surface area contributed by atoms with E-state index in [1.807, 2.05) is 30.5 Å². The van der Waals surface area contributed by atoms with Crippen molar-refractivity contribution in [2.24, 2.45) is 4.99 Å². The maximum absolute atomic E-state index is 12.4. The highest BCUT2D eigenvalue weighted by Crippen LogP contribution is 2.26. The van der Waals surface area contributed by atoms with Crippen molar-refractivity contribution in [1.29, 1.82) is 0 Å². The molecule has 2 aromatic carbocycles. The normalized spacial score (nSPS) is 12.1. The maximum atomic E-state index is 12.4. The summed E-state index contributed by atoms with van der Waals surface area (Å²) >= 11 is 13.7. The smallest absolute Gasteiger partial charge is 0.281 e. The van der Waals surface area contributed by atoms with E-state index >= 15 is 0 Å². The number of amides is 1. The van der Waals surface area contributed by atoms with Crippen molar-refractivity contribution in [2.45, 2.75) is 20.4 Å². The Kier molecular flexibility index (Phi) is 4.57. The Labute approximate surface area is 147 Å². The molecule has 118 valence electrons. The van der Waals surface area contributed by atoms with Gasteiger partial charge in [-0.25, -0.2) is 0 Å². The minimum Gasteiger partial charge on any atom is -0.316 e. The summed E-state index contributed by atoms with van der Waals surface area (Å²) in [6.07, 6.45) is 0. The third-order valence-electron chi connectivity index (χ3n) is 3.55. The van der Waals surface area contributed by atoms with Crippen LogP contribution in [0.1, 0.15) is 22.8 Å². The summed E-state index contributed by atoms with van der Waals surface area (Å²) in [4.78, 5) is 17.4. The molecule has 0 saturated carbocycles. The zero-order chi connectivity index (χ0) is 16.6. The minimum atomic E-state index is -0.340. The van der Waals surface area contributed by atoms with E-state index in [4.69, 9.17) is 23.2 Å². The van der Waals surface area contributed by atoms with Crippen molar-refractivity contribution in [2.75, 3.05) is 0 Å². The Morgan fingerprint density at radius 2 is 2.00 bits per heavy atom. The van der Waals surface area contributed by atoms with Gasteiger partial charge >= 0.3 is 0 Å². The average molecular weight is 365 g/mol. The third-order valence-corrected chi connectivity index (χ3v) is 5.12. The molecule has 0 bridgehead atoms. The highest BCUT2D eigenvalue weighted by atomic mass is 35.5. The van der Waals surface area contributed by atoms with Gasteiger partial charge in [0.2, 0.25) is 0 Å². The lowest BCUT2D eigenvalue weighted by atomic mass is 10.2. The van der Waals surface area contributed by atoms with Crippen LogP contribution in [0.5, 0.6) is 0 Å². The molecule has 1 amide bonds. The molecule has 1 aromatic heterocycles. The maximum Gasteiger partial charge on any atom is 0.281 e. The summed E-state index contributed by atoms with van der Waals surface area (Å²) in [7, 11) is 0. The van der Waals surface area contributed by atoms with Crippen LogP contribution in [0.3, 0.4) is 0 Å². The second kappa shape index (κ2) is 6.48. The first-order chi connectivity index (χ1) is 11.0. The Hall–Kier alpha value is -1.62. The van der Waals surface area contributed by atoms with Gasteiger partial charge in [-0.1, -0.05) is 46.7 Å². The zero-order valence-corrected chi connectivity index (χ0v) is 15.0. The van der Waals surface area contributed by atoms with E-state index in [0.29, 0.717) is 20.4 Å². The Morgan fingerprint density at radius 1 is 1.26 bits per heavy atom. The molecule has 0 unspecified atom stereocenters. The summed E-state index contributed by atoms with van der Waals surface area (Å²) in [5.74, 6) is -0.340. The van der Waals surface area contributed by atoms with Crippen LogP contribution in [0.15, 0.2) is 41.4 Å². The van der Waals surface area contributed by atoms with Gasteiger partial charge in [0.25, 0.3) is 5.91 Å². The van der Waals surface area contributed by atoms with Crippen LogP contribution in [0.4, 0.5) is 0 Å². The van der Waals surface area contributed by atoms with Gasteiger partial charge in [-0.2, -0.15) is 4.99 Å². The Bertz CT molecular complexity index is 972. The molecule has 0 radical (unpaired) electrons. The van der Waals surface area contributed by atoms with Gasteiger partial charge in [-0.05, 0) is 43.7 Å². The van der Waals surface area contributed by atoms with Crippen molar-refractivity contribution < 1.29 is 4.79 Å². The van der Waals surface area contributed by atoms with Gasteiger partial charge in [0.05, 0.1) is 20.8 Å². The summed E-state index contributed by atoms with van der Waals surface area (Å²) in [6.45, 7) is 4.75. The van der Waals surface area contributed by atoms with Crippen LogP contribution in [0, 0.1) is 6.92 Å². The van der Waals surface area contributed by atoms with E-state index in [2.05, 4.69) is 4.99 Å². The van der Waals surface area contributed by atoms with Crippen LogP contribution in [-0.2, 0) is 6.54 Å². The lowest BCUT2D eigenvalue weighted by molar-refractivity contribution is 0.0998. The predicted octanol–water partition coefficient (Wildman–Crippen LogP) is 5.08. The number of hydrogen-bond donors (Lipinski definition) is 0. The molecule has 3 nitrogen and oxygen atoms in total. The number of benzene rings is 2. The number of thiazole rings is 1. The molecule has 0 atom stereocenters. The number of nitrogens with zero attached hydrogens (tertiary/aromatic N) is 2. The van der Waals surface area contributed by atoms with Gasteiger partial charge in [-0.15, -0.1) is 0 Å². The van der Waals surface area contributed by atoms with Crippen LogP contribution in [-0.4, -0.2) is 10.5 Å². The lowest BCUT2D eigenvalue weighted by Gasteiger charge is -2.04. The zero-order valence-electron chi connectivity index (χ0n) is 12.6. The number of carbonyl (C=O) groups excluding carboxylic acids is 1.